The third-order valence-corrected chi connectivity index (χ3v) is 2.43. The molecule has 0 radical (unpaired) electrons. The van der Waals surface area contributed by atoms with Crippen LogP contribution < -0.4 is 5.73 Å². The molecule has 2 nitrogen and oxygen atoms in total. The highest BCUT2D eigenvalue weighted by Gasteiger charge is 2.25. The summed E-state index contributed by atoms with van der Waals surface area (Å²) in [5.41, 5.74) is 6.72. The van der Waals surface area contributed by atoms with Crippen LogP contribution in [0, 0.1) is 5.92 Å². The lowest BCUT2D eigenvalue weighted by Crippen LogP contribution is -2.12. The zero-order valence-corrected chi connectivity index (χ0v) is 6.97. The molecule has 1 saturated carbocycles. The normalized spacial score (nSPS) is 18.7. The van der Waals surface area contributed by atoms with Gasteiger partial charge in [-0.1, -0.05) is 0 Å². The molecule has 0 amide bonds. The number of hydrogen-bond donors (Lipinski definition) is 1. The summed E-state index contributed by atoms with van der Waals surface area (Å²) in [7, 11) is 0. The van der Waals surface area contributed by atoms with Gasteiger partial charge in [0.15, 0.2) is 0 Å². The van der Waals surface area contributed by atoms with E-state index in [0.29, 0.717) is 5.92 Å². The zero-order valence-electron chi connectivity index (χ0n) is 6.16. The number of hydrogen-bond acceptors (Lipinski definition) is 2. The van der Waals surface area contributed by atoms with Gasteiger partial charge in [-0.15, -0.1) is 0 Å². The highest BCUT2D eigenvalue weighted by atomic mass is 32.1. The van der Waals surface area contributed by atoms with E-state index in [0.717, 1.165) is 11.5 Å². The average Bonchev–Trinajstić information content (AvgIpc) is 2.73. The van der Waals surface area contributed by atoms with Crippen LogP contribution >= 0.6 is 11.3 Å². The van der Waals surface area contributed by atoms with Gasteiger partial charge in [0.05, 0.1) is 5.69 Å². The molecule has 0 aliphatic heterocycles. The Morgan fingerprint density at radius 3 is 3.00 bits per heavy atom. The fourth-order valence-corrected chi connectivity index (χ4v) is 1.51. The van der Waals surface area contributed by atoms with E-state index in [2.05, 4.69) is 4.99 Å². The molecule has 0 unspecified atom stereocenters. The lowest BCUT2D eigenvalue weighted by Gasteiger charge is -1.93. The van der Waals surface area contributed by atoms with Crippen LogP contribution in [0.5, 0.6) is 0 Å². The Morgan fingerprint density at radius 1 is 1.64 bits per heavy atom. The lowest BCUT2D eigenvalue weighted by atomic mass is 10.4. The molecular weight excluding hydrogens is 156 g/mol. The standard InChI is InChI=1S/C8H10N2S/c9-8(6-1-2-6)10-7-3-4-11-5-7/h3-6H,1-2H2,(H2,9,10). The second kappa shape index (κ2) is 2.66. The van der Waals surface area contributed by atoms with E-state index in [-0.39, 0.29) is 0 Å². The molecular formula is C8H10N2S. The number of rotatable bonds is 2. The van der Waals surface area contributed by atoms with Gasteiger partial charge < -0.3 is 5.73 Å². The van der Waals surface area contributed by atoms with E-state index < -0.39 is 0 Å². The number of aliphatic imine (C=N–C) groups is 1. The lowest BCUT2D eigenvalue weighted by molar-refractivity contribution is 1.16. The van der Waals surface area contributed by atoms with Crippen LogP contribution in [0.2, 0.25) is 0 Å². The SMILES string of the molecule is NC(=Nc1ccsc1)C1CC1. The molecule has 1 aliphatic rings. The number of amidine groups is 1. The summed E-state index contributed by atoms with van der Waals surface area (Å²) >= 11 is 1.65. The highest BCUT2D eigenvalue weighted by molar-refractivity contribution is 7.08. The maximum absolute atomic E-state index is 5.72. The Bertz CT molecular complexity index is 260. The predicted molar refractivity (Wildman–Crippen MR) is 48.3 cm³/mol. The van der Waals surface area contributed by atoms with Gasteiger partial charge >= 0.3 is 0 Å². The van der Waals surface area contributed by atoms with Crippen molar-refractivity contribution in [3.05, 3.63) is 16.8 Å². The quantitative estimate of drug-likeness (QED) is 0.530. The van der Waals surface area contributed by atoms with Gasteiger partial charge in [-0.05, 0) is 24.3 Å². The smallest absolute Gasteiger partial charge is 0.103 e. The van der Waals surface area contributed by atoms with E-state index in [1.165, 1.54) is 12.8 Å². The van der Waals surface area contributed by atoms with Crippen LogP contribution in [0.3, 0.4) is 0 Å². The van der Waals surface area contributed by atoms with Crippen molar-refractivity contribution in [3.8, 4) is 0 Å². The summed E-state index contributed by atoms with van der Waals surface area (Å²) in [4.78, 5) is 4.29. The summed E-state index contributed by atoms with van der Waals surface area (Å²) in [6.07, 6.45) is 2.44. The van der Waals surface area contributed by atoms with Crippen molar-refractivity contribution in [1.82, 2.24) is 0 Å². The summed E-state index contributed by atoms with van der Waals surface area (Å²) in [5.74, 6) is 1.39. The first-order chi connectivity index (χ1) is 5.36. The van der Waals surface area contributed by atoms with Gasteiger partial charge in [0, 0.05) is 11.3 Å². The van der Waals surface area contributed by atoms with E-state index in [1.54, 1.807) is 11.3 Å². The zero-order chi connectivity index (χ0) is 7.68. The fourth-order valence-electron chi connectivity index (χ4n) is 0.940. The minimum Gasteiger partial charge on any atom is -0.387 e. The number of nitrogens with zero attached hydrogens (tertiary/aromatic N) is 1. The van der Waals surface area contributed by atoms with Crippen LogP contribution in [0.1, 0.15) is 12.8 Å². The first-order valence-electron chi connectivity index (χ1n) is 3.72. The minimum absolute atomic E-state index is 0.579. The third-order valence-electron chi connectivity index (χ3n) is 1.76. The van der Waals surface area contributed by atoms with Gasteiger partial charge in [-0.25, -0.2) is 4.99 Å². The molecule has 1 aromatic rings. The molecule has 0 bridgehead atoms. The molecule has 2 N–H and O–H groups in total. The maximum Gasteiger partial charge on any atom is 0.103 e. The van der Waals surface area contributed by atoms with Gasteiger partial charge in [-0.2, -0.15) is 11.3 Å². The first-order valence-corrected chi connectivity index (χ1v) is 4.67. The molecule has 0 spiro atoms. The van der Waals surface area contributed by atoms with Gasteiger partial charge in [0.1, 0.15) is 5.84 Å². The van der Waals surface area contributed by atoms with Crippen molar-refractivity contribution in [2.75, 3.05) is 0 Å². The molecule has 0 atom stereocenters. The Labute approximate surface area is 69.8 Å². The molecule has 0 aromatic carbocycles. The summed E-state index contributed by atoms with van der Waals surface area (Å²) < 4.78 is 0. The van der Waals surface area contributed by atoms with E-state index >= 15 is 0 Å². The van der Waals surface area contributed by atoms with Crippen molar-refractivity contribution < 1.29 is 0 Å². The molecule has 11 heavy (non-hydrogen) atoms. The number of thiophene rings is 1. The Morgan fingerprint density at radius 2 is 2.45 bits per heavy atom. The number of nitrogens with two attached hydrogens (primary N) is 1. The topological polar surface area (TPSA) is 38.4 Å². The Kier molecular flexibility index (Phi) is 1.66. The van der Waals surface area contributed by atoms with E-state index in [9.17, 15) is 0 Å². The fraction of sp³-hybridized carbons (Fsp3) is 0.375. The first kappa shape index (κ1) is 6.85. The molecule has 1 aliphatic carbocycles. The van der Waals surface area contributed by atoms with Crippen LogP contribution in [-0.2, 0) is 0 Å². The molecule has 2 rings (SSSR count). The third kappa shape index (κ3) is 1.60. The average molecular weight is 166 g/mol. The van der Waals surface area contributed by atoms with Crippen LogP contribution in [0.4, 0.5) is 5.69 Å². The van der Waals surface area contributed by atoms with Crippen molar-refractivity contribution in [2.45, 2.75) is 12.8 Å². The van der Waals surface area contributed by atoms with Crippen molar-refractivity contribution in [3.63, 3.8) is 0 Å². The molecule has 0 saturated heterocycles. The van der Waals surface area contributed by atoms with Crippen molar-refractivity contribution in [2.24, 2.45) is 16.6 Å². The molecule has 1 heterocycles. The van der Waals surface area contributed by atoms with Gasteiger partial charge in [0.2, 0.25) is 0 Å². The summed E-state index contributed by atoms with van der Waals surface area (Å²) in [6.45, 7) is 0. The van der Waals surface area contributed by atoms with Crippen LogP contribution in [0.15, 0.2) is 21.8 Å². The molecule has 3 heteroatoms. The van der Waals surface area contributed by atoms with Crippen molar-refractivity contribution in [1.29, 1.82) is 0 Å². The maximum atomic E-state index is 5.72. The van der Waals surface area contributed by atoms with Crippen molar-refractivity contribution >= 4 is 22.9 Å². The minimum atomic E-state index is 0.579. The predicted octanol–water partition coefficient (Wildman–Crippen LogP) is 2.15. The second-order valence-corrected chi connectivity index (χ2v) is 3.57. The second-order valence-electron chi connectivity index (χ2n) is 2.79. The van der Waals surface area contributed by atoms with E-state index in [4.69, 9.17) is 5.73 Å². The highest BCUT2D eigenvalue weighted by Crippen LogP contribution is 2.30. The monoisotopic (exact) mass is 166 g/mol. The van der Waals surface area contributed by atoms with Crippen LogP contribution in [-0.4, -0.2) is 5.84 Å². The molecule has 58 valence electrons. The Hall–Kier alpha value is -0.830. The largest absolute Gasteiger partial charge is 0.387 e. The van der Waals surface area contributed by atoms with Gasteiger partial charge in [0.25, 0.3) is 0 Å². The van der Waals surface area contributed by atoms with Gasteiger partial charge in [-0.3, -0.25) is 0 Å². The summed E-state index contributed by atoms with van der Waals surface area (Å²) in [5, 5.41) is 4.02. The Balaban J connectivity index is 2.13. The molecule has 1 fully saturated rings. The molecule has 1 aromatic heterocycles. The summed E-state index contributed by atoms with van der Waals surface area (Å²) in [6, 6.07) is 1.99. The van der Waals surface area contributed by atoms with E-state index in [1.807, 2.05) is 16.8 Å². The van der Waals surface area contributed by atoms with Crippen LogP contribution in [0.25, 0.3) is 0 Å².